The molecule has 1 aliphatic heterocycles. The van der Waals surface area contributed by atoms with Gasteiger partial charge in [0.2, 0.25) is 0 Å². The first kappa shape index (κ1) is 17.0. The monoisotopic (exact) mass is 364 g/mol. The topological polar surface area (TPSA) is 58.1 Å². The van der Waals surface area contributed by atoms with Gasteiger partial charge in [-0.25, -0.2) is 0 Å². The van der Waals surface area contributed by atoms with Gasteiger partial charge in [-0.05, 0) is 43.0 Å². The summed E-state index contributed by atoms with van der Waals surface area (Å²) in [4.78, 5) is 14.5. The van der Waals surface area contributed by atoms with Crippen LogP contribution in [0.3, 0.4) is 0 Å². The Bertz CT molecular complexity index is 728. The molecule has 3 rings (SSSR count). The van der Waals surface area contributed by atoms with Crippen molar-refractivity contribution in [2.45, 2.75) is 19.8 Å². The summed E-state index contributed by atoms with van der Waals surface area (Å²) in [5.41, 5.74) is 0.685. The third kappa shape index (κ3) is 3.79. The fraction of sp³-hybridized carbons (Fsp3) is 0.353. The first-order valence-electron chi connectivity index (χ1n) is 7.88. The molecule has 0 radical (unpaired) electrons. The van der Waals surface area contributed by atoms with E-state index in [2.05, 4.69) is 27.3 Å². The zero-order valence-electron chi connectivity index (χ0n) is 13.3. The van der Waals surface area contributed by atoms with Crippen LogP contribution in [-0.4, -0.2) is 29.2 Å². The largest absolute Gasteiger partial charge is 0.355 e. The van der Waals surface area contributed by atoms with E-state index in [9.17, 15) is 4.79 Å². The van der Waals surface area contributed by atoms with Crippen molar-refractivity contribution in [2.24, 2.45) is 5.92 Å². The van der Waals surface area contributed by atoms with Gasteiger partial charge >= 0.3 is 0 Å². The van der Waals surface area contributed by atoms with E-state index in [1.54, 1.807) is 24.3 Å². The zero-order chi connectivity index (χ0) is 17.1. The van der Waals surface area contributed by atoms with E-state index in [0.717, 1.165) is 37.7 Å². The van der Waals surface area contributed by atoms with Crippen molar-refractivity contribution < 1.29 is 4.79 Å². The number of aromatic nitrogens is 2. The number of nitrogens with one attached hydrogen (secondary N) is 1. The highest BCUT2D eigenvalue weighted by molar-refractivity contribution is 6.44. The first-order chi connectivity index (χ1) is 11.5. The number of nitrogens with zero attached hydrogens (tertiary/aromatic N) is 3. The van der Waals surface area contributed by atoms with Gasteiger partial charge in [-0.1, -0.05) is 36.2 Å². The lowest BCUT2D eigenvalue weighted by Crippen LogP contribution is -2.33. The number of anilines is 2. The van der Waals surface area contributed by atoms with Crippen LogP contribution in [0, 0.1) is 5.92 Å². The van der Waals surface area contributed by atoms with Gasteiger partial charge in [0.1, 0.15) is 0 Å². The molecule has 1 aliphatic rings. The second-order valence-corrected chi connectivity index (χ2v) is 6.79. The normalized spacial score (nSPS) is 15.4. The van der Waals surface area contributed by atoms with Crippen LogP contribution in [-0.2, 0) is 0 Å². The summed E-state index contributed by atoms with van der Waals surface area (Å²) in [7, 11) is 0. The Morgan fingerprint density at radius 3 is 2.58 bits per heavy atom. The number of rotatable bonds is 3. The van der Waals surface area contributed by atoms with E-state index in [1.807, 2.05) is 6.07 Å². The maximum Gasteiger partial charge on any atom is 0.276 e. The van der Waals surface area contributed by atoms with E-state index < -0.39 is 0 Å². The molecule has 1 N–H and O–H groups in total. The van der Waals surface area contributed by atoms with Crippen LogP contribution >= 0.6 is 23.2 Å². The molecule has 24 heavy (non-hydrogen) atoms. The lowest BCUT2D eigenvalue weighted by molar-refractivity contribution is 0.102. The average Bonchev–Trinajstić information content (AvgIpc) is 2.60. The maximum absolute atomic E-state index is 12.3. The minimum Gasteiger partial charge on any atom is -0.355 e. The van der Waals surface area contributed by atoms with Crippen LogP contribution in [0.15, 0.2) is 30.3 Å². The Hall–Kier alpha value is -1.85. The van der Waals surface area contributed by atoms with Gasteiger partial charge in [-0.3, -0.25) is 4.79 Å². The van der Waals surface area contributed by atoms with Gasteiger partial charge in [-0.2, -0.15) is 0 Å². The second kappa shape index (κ2) is 7.36. The molecule has 1 aromatic carbocycles. The molecule has 126 valence electrons. The van der Waals surface area contributed by atoms with Crippen LogP contribution in [0.5, 0.6) is 0 Å². The highest BCUT2D eigenvalue weighted by Crippen LogP contribution is 2.29. The van der Waals surface area contributed by atoms with E-state index in [0.29, 0.717) is 15.7 Å². The van der Waals surface area contributed by atoms with Crippen molar-refractivity contribution in [3.05, 3.63) is 46.1 Å². The lowest BCUT2D eigenvalue weighted by atomic mass is 9.99. The van der Waals surface area contributed by atoms with Gasteiger partial charge < -0.3 is 10.2 Å². The molecule has 2 aromatic rings. The number of halogens is 2. The molecule has 1 aromatic heterocycles. The zero-order valence-corrected chi connectivity index (χ0v) is 14.8. The highest BCUT2D eigenvalue weighted by atomic mass is 35.5. The highest BCUT2D eigenvalue weighted by Gasteiger charge is 2.18. The number of carbonyl (C=O) groups is 1. The van der Waals surface area contributed by atoms with Crippen LogP contribution < -0.4 is 10.2 Å². The average molecular weight is 365 g/mol. The van der Waals surface area contributed by atoms with Crippen molar-refractivity contribution >= 4 is 40.6 Å². The minimum absolute atomic E-state index is 0.236. The molecule has 1 saturated heterocycles. The minimum atomic E-state index is -0.370. The van der Waals surface area contributed by atoms with Crippen molar-refractivity contribution in [3.63, 3.8) is 0 Å². The van der Waals surface area contributed by atoms with Crippen LogP contribution in [0.2, 0.25) is 10.0 Å². The van der Waals surface area contributed by atoms with Gasteiger partial charge in [-0.15, -0.1) is 10.2 Å². The van der Waals surface area contributed by atoms with E-state index >= 15 is 0 Å². The summed E-state index contributed by atoms with van der Waals surface area (Å²) in [6, 6.07) is 8.57. The quantitative estimate of drug-likeness (QED) is 0.883. The van der Waals surface area contributed by atoms with Crippen molar-refractivity contribution in [3.8, 4) is 0 Å². The predicted octanol–water partition coefficient (Wildman–Crippen LogP) is 4.27. The molecule has 0 spiro atoms. The molecule has 0 aliphatic carbocycles. The molecule has 2 heterocycles. The standard InChI is InChI=1S/C17H18Cl2N4O/c1-11-7-9-23(10-8-11)15-6-5-14(21-22-15)17(24)20-13-4-2-3-12(18)16(13)19/h2-6,11H,7-10H2,1H3,(H,20,24). The molecule has 0 saturated carbocycles. The molecule has 0 atom stereocenters. The first-order valence-corrected chi connectivity index (χ1v) is 8.64. The summed E-state index contributed by atoms with van der Waals surface area (Å²) < 4.78 is 0. The summed E-state index contributed by atoms with van der Waals surface area (Å²) in [6.45, 7) is 4.20. The number of hydrogen-bond donors (Lipinski definition) is 1. The molecular formula is C17H18Cl2N4O. The van der Waals surface area contributed by atoms with Crippen molar-refractivity contribution in [2.75, 3.05) is 23.3 Å². The predicted molar refractivity (Wildman–Crippen MR) is 97.1 cm³/mol. The number of benzene rings is 1. The fourth-order valence-corrected chi connectivity index (χ4v) is 2.99. The molecule has 7 heteroatoms. The molecular weight excluding hydrogens is 347 g/mol. The number of amides is 1. The molecule has 1 fully saturated rings. The Labute approximate surface area is 151 Å². The third-order valence-electron chi connectivity index (χ3n) is 4.19. The van der Waals surface area contributed by atoms with Gasteiger partial charge in [0, 0.05) is 13.1 Å². The summed E-state index contributed by atoms with van der Waals surface area (Å²) >= 11 is 12.0. The second-order valence-electron chi connectivity index (χ2n) is 6.00. The molecule has 0 bridgehead atoms. The number of carbonyl (C=O) groups excluding carboxylic acids is 1. The Kier molecular flexibility index (Phi) is 5.21. The molecule has 0 unspecified atom stereocenters. The van der Waals surface area contributed by atoms with E-state index in [4.69, 9.17) is 23.2 Å². The SMILES string of the molecule is CC1CCN(c2ccc(C(=O)Nc3cccc(Cl)c3Cl)nn2)CC1. The Morgan fingerprint density at radius 2 is 1.92 bits per heavy atom. The van der Waals surface area contributed by atoms with Crippen LogP contribution in [0.4, 0.5) is 11.5 Å². The third-order valence-corrected chi connectivity index (χ3v) is 5.01. The van der Waals surface area contributed by atoms with Crippen molar-refractivity contribution in [1.29, 1.82) is 0 Å². The van der Waals surface area contributed by atoms with Gasteiger partial charge in [0.25, 0.3) is 5.91 Å². The van der Waals surface area contributed by atoms with Crippen LogP contribution in [0.1, 0.15) is 30.3 Å². The number of hydrogen-bond acceptors (Lipinski definition) is 4. The van der Waals surface area contributed by atoms with Gasteiger partial charge in [0.05, 0.1) is 15.7 Å². The summed E-state index contributed by atoms with van der Waals surface area (Å²) in [5.74, 6) is 1.19. The molecule has 1 amide bonds. The smallest absolute Gasteiger partial charge is 0.276 e. The lowest BCUT2D eigenvalue weighted by Gasteiger charge is -2.30. The van der Waals surface area contributed by atoms with Gasteiger partial charge in [0.15, 0.2) is 11.5 Å². The van der Waals surface area contributed by atoms with Crippen LogP contribution in [0.25, 0.3) is 0 Å². The fourth-order valence-electron chi connectivity index (χ4n) is 2.64. The number of piperidine rings is 1. The van der Waals surface area contributed by atoms with E-state index in [1.165, 1.54) is 0 Å². The Balaban J connectivity index is 1.69. The Morgan fingerprint density at radius 1 is 1.17 bits per heavy atom. The molecule has 5 nitrogen and oxygen atoms in total. The summed E-state index contributed by atoms with van der Waals surface area (Å²) in [5, 5.41) is 11.6. The maximum atomic E-state index is 12.3. The van der Waals surface area contributed by atoms with E-state index in [-0.39, 0.29) is 11.6 Å². The van der Waals surface area contributed by atoms with Crippen molar-refractivity contribution in [1.82, 2.24) is 10.2 Å². The summed E-state index contributed by atoms with van der Waals surface area (Å²) in [6.07, 6.45) is 2.30.